The third kappa shape index (κ3) is 1.95. The number of carbonyl (C=O) groups is 1. The summed E-state index contributed by atoms with van der Waals surface area (Å²) in [5.41, 5.74) is 1.53. The molecule has 0 unspecified atom stereocenters. The highest BCUT2D eigenvalue weighted by atomic mass is 16.5. The zero-order valence-electron chi connectivity index (χ0n) is 10.2. The molecular weight excluding hydrogens is 246 g/mol. The number of aromatic amines is 1. The molecule has 96 valence electrons. The van der Waals surface area contributed by atoms with Crippen molar-refractivity contribution in [2.24, 2.45) is 0 Å². The van der Waals surface area contributed by atoms with Crippen LogP contribution in [0.3, 0.4) is 0 Å². The van der Waals surface area contributed by atoms with Crippen LogP contribution in [0.15, 0.2) is 30.5 Å². The fourth-order valence-electron chi connectivity index (χ4n) is 1.75. The van der Waals surface area contributed by atoms with Crippen LogP contribution in [0, 0.1) is 0 Å². The number of ether oxygens (including phenoxy) is 1. The van der Waals surface area contributed by atoms with Gasteiger partial charge in [0.15, 0.2) is 11.3 Å². The van der Waals surface area contributed by atoms with Gasteiger partial charge in [0, 0.05) is 12.3 Å². The molecule has 3 aromatic heterocycles. The maximum Gasteiger partial charge on any atom is 0.358 e. The Bertz CT molecular complexity index is 716. The van der Waals surface area contributed by atoms with Crippen molar-refractivity contribution < 1.29 is 9.53 Å². The second-order valence-electron chi connectivity index (χ2n) is 3.81. The van der Waals surface area contributed by atoms with Crippen LogP contribution in [0.4, 0.5) is 0 Å². The molecule has 7 heteroatoms. The molecule has 3 heterocycles. The Kier molecular flexibility index (Phi) is 2.71. The predicted molar refractivity (Wildman–Crippen MR) is 66.5 cm³/mol. The first-order valence-corrected chi connectivity index (χ1v) is 5.82. The number of rotatable bonds is 3. The van der Waals surface area contributed by atoms with Crippen molar-refractivity contribution in [3.63, 3.8) is 0 Å². The van der Waals surface area contributed by atoms with Crippen molar-refractivity contribution in [3.05, 3.63) is 36.2 Å². The Labute approximate surface area is 108 Å². The van der Waals surface area contributed by atoms with Crippen LogP contribution in [0.25, 0.3) is 17.2 Å². The van der Waals surface area contributed by atoms with Gasteiger partial charge >= 0.3 is 5.97 Å². The van der Waals surface area contributed by atoms with Crippen molar-refractivity contribution in [1.82, 2.24) is 24.8 Å². The molecule has 0 fully saturated rings. The first-order valence-electron chi connectivity index (χ1n) is 5.82. The Morgan fingerprint density at radius 1 is 1.47 bits per heavy atom. The molecule has 0 aromatic carbocycles. The summed E-state index contributed by atoms with van der Waals surface area (Å²) in [7, 11) is 0. The molecule has 0 atom stereocenters. The summed E-state index contributed by atoms with van der Waals surface area (Å²) in [5, 5.41) is 11.1. The lowest BCUT2D eigenvalue weighted by Crippen LogP contribution is -2.06. The van der Waals surface area contributed by atoms with Gasteiger partial charge in [0.25, 0.3) is 0 Å². The fraction of sp³-hybridized carbons (Fsp3) is 0.167. The molecular formula is C12H11N5O2. The van der Waals surface area contributed by atoms with E-state index in [2.05, 4.69) is 20.3 Å². The van der Waals surface area contributed by atoms with Crippen molar-refractivity contribution in [1.29, 1.82) is 0 Å². The first kappa shape index (κ1) is 11.4. The number of nitrogens with one attached hydrogen (secondary N) is 1. The maximum atomic E-state index is 11.6. The largest absolute Gasteiger partial charge is 0.461 e. The van der Waals surface area contributed by atoms with E-state index >= 15 is 0 Å². The third-order valence-electron chi connectivity index (χ3n) is 2.56. The smallest absolute Gasteiger partial charge is 0.358 e. The Morgan fingerprint density at radius 2 is 2.37 bits per heavy atom. The number of esters is 1. The van der Waals surface area contributed by atoms with E-state index in [-0.39, 0.29) is 5.69 Å². The molecule has 0 aliphatic rings. The lowest BCUT2D eigenvalue weighted by atomic mass is 10.3. The van der Waals surface area contributed by atoms with Crippen LogP contribution < -0.4 is 0 Å². The molecule has 19 heavy (non-hydrogen) atoms. The molecule has 0 spiro atoms. The summed E-state index contributed by atoms with van der Waals surface area (Å²) < 4.78 is 6.44. The van der Waals surface area contributed by atoms with Gasteiger partial charge in [0.2, 0.25) is 5.82 Å². The van der Waals surface area contributed by atoms with E-state index in [0.717, 1.165) is 0 Å². The van der Waals surface area contributed by atoms with Crippen LogP contribution in [-0.2, 0) is 4.74 Å². The molecule has 0 saturated carbocycles. The number of aromatic nitrogens is 5. The highest BCUT2D eigenvalue weighted by Gasteiger charge is 2.16. The number of hydrogen-bond donors (Lipinski definition) is 1. The standard InChI is InChI=1S/C12H11N5O2/c1-2-19-12(18)9-7-10-14-15-11(17(10)16-9)8-5-3-4-6-13-8/h3-7,14H,2H2,1H3. The monoisotopic (exact) mass is 257 g/mol. The summed E-state index contributed by atoms with van der Waals surface area (Å²) in [5.74, 6) is 0.0951. The van der Waals surface area contributed by atoms with Gasteiger partial charge in [-0.15, -0.1) is 0 Å². The van der Waals surface area contributed by atoms with Gasteiger partial charge in [-0.05, 0) is 19.1 Å². The highest BCUT2D eigenvalue weighted by Crippen LogP contribution is 2.16. The van der Waals surface area contributed by atoms with Gasteiger partial charge in [-0.2, -0.15) is 14.7 Å². The summed E-state index contributed by atoms with van der Waals surface area (Å²) in [6.45, 7) is 2.07. The molecule has 1 N–H and O–H groups in total. The van der Waals surface area contributed by atoms with E-state index in [1.165, 1.54) is 4.52 Å². The summed E-state index contributed by atoms with van der Waals surface area (Å²) >= 11 is 0. The van der Waals surface area contributed by atoms with Crippen molar-refractivity contribution in [2.75, 3.05) is 6.61 Å². The second kappa shape index (κ2) is 4.52. The van der Waals surface area contributed by atoms with Gasteiger partial charge in [-0.3, -0.25) is 10.1 Å². The average Bonchev–Trinajstić information content (AvgIpc) is 2.99. The number of fused-ring (bicyclic) bond motifs is 1. The van der Waals surface area contributed by atoms with Crippen molar-refractivity contribution in [3.8, 4) is 11.5 Å². The fourth-order valence-corrected chi connectivity index (χ4v) is 1.75. The number of carbonyl (C=O) groups excluding carboxylic acids is 1. The van der Waals surface area contributed by atoms with E-state index < -0.39 is 5.97 Å². The van der Waals surface area contributed by atoms with Crippen LogP contribution in [0.1, 0.15) is 17.4 Å². The average molecular weight is 257 g/mol. The summed E-state index contributed by atoms with van der Waals surface area (Å²) in [4.78, 5) is 15.8. The van der Waals surface area contributed by atoms with Crippen molar-refractivity contribution in [2.45, 2.75) is 6.92 Å². The van der Waals surface area contributed by atoms with Gasteiger partial charge < -0.3 is 4.74 Å². The molecule has 7 nitrogen and oxygen atoms in total. The number of hydrogen-bond acceptors (Lipinski definition) is 5. The maximum absolute atomic E-state index is 11.6. The van der Waals surface area contributed by atoms with E-state index in [0.29, 0.717) is 23.8 Å². The minimum atomic E-state index is -0.452. The summed E-state index contributed by atoms with van der Waals surface area (Å²) in [6, 6.07) is 7.10. The molecule has 0 radical (unpaired) electrons. The van der Waals surface area contributed by atoms with Crippen molar-refractivity contribution >= 4 is 11.6 Å². The lowest BCUT2D eigenvalue weighted by molar-refractivity contribution is 0.0519. The number of pyridine rings is 1. The van der Waals surface area contributed by atoms with Crippen LogP contribution in [0.5, 0.6) is 0 Å². The molecule has 0 saturated heterocycles. The van der Waals surface area contributed by atoms with E-state index in [9.17, 15) is 4.79 Å². The van der Waals surface area contributed by atoms with Gasteiger partial charge in [0.05, 0.1) is 6.61 Å². The van der Waals surface area contributed by atoms with Gasteiger partial charge in [-0.1, -0.05) is 6.07 Å². The zero-order valence-corrected chi connectivity index (χ0v) is 10.2. The first-order chi connectivity index (χ1) is 9.29. The molecule has 0 bridgehead atoms. The predicted octanol–water partition coefficient (Wildman–Crippen LogP) is 1.30. The Hall–Kier alpha value is -2.70. The minimum Gasteiger partial charge on any atom is -0.461 e. The number of nitrogens with zero attached hydrogens (tertiary/aromatic N) is 4. The Balaban J connectivity index is 2.06. The third-order valence-corrected chi connectivity index (χ3v) is 2.56. The molecule has 0 amide bonds. The zero-order chi connectivity index (χ0) is 13.2. The van der Waals surface area contributed by atoms with E-state index in [1.54, 1.807) is 19.2 Å². The van der Waals surface area contributed by atoms with Crippen LogP contribution >= 0.6 is 0 Å². The van der Waals surface area contributed by atoms with E-state index in [1.807, 2.05) is 18.2 Å². The topological polar surface area (TPSA) is 85.2 Å². The molecule has 3 aromatic rings. The molecule has 3 rings (SSSR count). The van der Waals surface area contributed by atoms with E-state index in [4.69, 9.17) is 4.74 Å². The van der Waals surface area contributed by atoms with Crippen LogP contribution in [-0.4, -0.2) is 37.4 Å². The molecule has 0 aliphatic carbocycles. The summed E-state index contributed by atoms with van der Waals surface area (Å²) in [6.07, 6.45) is 1.67. The highest BCUT2D eigenvalue weighted by molar-refractivity contribution is 5.88. The quantitative estimate of drug-likeness (QED) is 0.715. The van der Waals surface area contributed by atoms with Crippen LogP contribution in [0.2, 0.25) is 0 Å². The lowest BCUT2D eigenvalue weighted by Gasteiger charge is -1.97. The minimum absolute atomic E-state index is 0.243. The number of H-pyrrole nitrogens is 1. The normalized spacial score (nSPS) is 10.8. The molecule has 0 aliphatic heterocycles. The van der Waals surface area contributed by atoms with Gasteiger partial charge in [0.1, 0.15) is 5.69 Å². The Morgan fingerprint density at radius 3 is 3.11 bits per heavy atom. The van der Waals surface area contributed by atoms with Gasteiger partial charge in [-0.25, -0.2) is 4.79 Å². The SMILES string of the molecule is CCOC(=O)c1cc2[nH]nc(-c3ccccn3)n2n1. The second-order valence-corrected chi connectivity index (χ2v) is 3.81.